The second-order valence-corrected chi connectivity index (χ2v) is 9.89. The van der Waals surface area contributed by atoms with Crippen LogP contribution in [0.4, 0.5) is 11.4 Å². The van der Waals surface area contributed by atoms with Gasteiger partial charge in [0.05, 0.1) is 46.4 Å². The van der Waals surface area contributed by atoms with E-state index in [1.807, 2.05) is 30.6 Å². The van der Waals surface area contributed by atoms with Gasteiger partial charge in [-0.05, 0) is 67.5 Å². The largest absolute Gasteiger partial charge is 0.381 e. The molecule has 0 amide bonds. The monoisotopic (exact) mass is 505 g/mol. The first kappa shape index (κ1) is 25.3. The van der Waals surface area contributed by atoms with Crippen molar-refractivity contribution in [1.29, 1.82) is 0 Å². The number of benzene rings is 1. The van der Waals surface area contributed by atoms with Gasteiger partial charge in [-0.2, -0.15) is 5.10 Å². The van der Waals surface area contributed by atoms with Gasteiger partial charge in [-0.15, -0.1) is 0 Å². The third-order valence-electron chi connectivity index (χ3n) is 7.03. The van der Waals surface area contributed by atoms with Crippen molar-refractivity contribution in [3.8, 4) is 11.1 Å². The third-order valence-corrected chi connectivity index (χ3v) is 7.03. The molecule has 1 aliphatic carbocycles. The molecule has 7 nitrogen and oxygen atoms in total. The quantitative estimate of drug-likeness (QED) is 0.163. The lowest BCUT2D eigenvalue weighted by Crippen LogP contribution is -2.26. The van der Waals surface area contributed by atoms with Crippen LogP contribution >= 0.6 is 0 Å². The number of aromatic nitrogens is 4. The Hall–Kier alpha value is -4.39. The average molecular weight is 506 g/mol. The van der Waals surface area contributed by atoms with Crippen molar-refractivity contribution in [3.63, 3.8) is 0 Å². The fourth-order valence-corrected chi connectivity index (χ4v) is 4.50. The molecule has 5 rings (SSSR count). The van der Waals surface area contributed by atoms with E-state index in [9.17, 15) is 0 Å². The highest BCUT2D eigenvalue weighted by molar-refractivity contribution is 5.95. The number of nitrogens with zero attached hydrogens (tertiary/aromatic N) is 3. The van der Waals surface area contributed by atoms with Crippen molar-refractivity contribution in [1.82, 2.24) is 25.5 Å². The maximum Gasteiger partial charge on any atom is 0.116 e. The summed E-state index contributed by atoms with van der Waals surface area (Å²) in [5, 5.41) is 18.9. The summed E-state index contributed by atoms with van der Waals surface area (Å²) in [6.07, 6.45) is 10.0. The van der Waals surface area contributed by atoms with Crippen LogP contribution in [0.15, 0.2) is 80.4 Å². The van der Waals surface area contributed by atoms with Gasteiger partial charge in [-0.25, -0.2) is 0 Å². The predicted molar refractivity (Wildman–Crippen MR) is 158 cm³/mol. The van der Waals surface area contributed by atoms with Crippen LogP contribution in [0.1, 0.15) is 50.9 Å². The molecule has 0 spiro atoms. The molecule has 0 unspecified atom stereocenters. The third kappa shape index (κ3) is 5.62. The molecule has 3 aromatic heterocycles. The highest BCUT2D eigenvalue weighted by atomic mass is 15.1. The number of pyridine rings is 2. The molecule has 3 heterocycles. The Morgan fingerprint density at radius 2 is 1.74 bits per heavy atom. The van der Waals surface area contributed by atoms with E-state index in [2.05, 4.69) is 87.9 Å². The van der Waals surface area contributed by atoms with Crippen molar-refractivity contribution in [2.24, 2.45) is 5.92 Å². The number of fused-ring (bicyclic) bond motifs is 1. The Kier molecular flexibility index (Phi) is 7.26. The number of aromatic amines is 1. The van der Waals surface area contributed by atoms with E-state index in [0.29, 0.717) is 17.7 Å². The van der Waals surface area contributed by atoms with Crippen molar-refractivity contribution < 1.29 is 0 Å². The van der Waals surface area contributed by atoms with Crippen LogP contribution in [-0.2, 0) is 0 Å². The van der Waals surface area contributed by atoms with E-state index < -0.39 is 0 Å². The molecule has 38 heavy (non-hydrogen) atoms. The van der Waals surface area contributed by atoms with Crippen LogP contribution in [0.3, 0.4) is 0 Å². The van der Waals surface area contributed by atoms with Gasteiger partial charge in [-0.1, -0.05) is 39.7 Å². The van der Waals surface area contributed by atoms with E-state index in [4.69, 9.17) is 0 Å². The SMILES string of the molecule is C=C(NC(CC)CC)c1ccc(NC(=C)c2n[nH]c3ccc(-c4cncc(NC(=C)C5CC5)c4)cc23)cn1. The van der Waals surface area contributed by atoms with Gasteiger partial charge in [0.15, 0.2) is 0 Å². The zero-order valence-corrected chi connectivity index (χ0v) is 22.1. The molecule has 1 saturated carbocycles. The van der Waals surface area contributed by atoms with Crippen molar-refractivity contribution in [2.45, 2.75) is 45.6 Å². The van der Waals surface area contributed by atoms with Crippen LogP contribution in [0, 0.1) is 5.92 Å². The van der Waals surface area contributed by atoms with Gasteiger partial charge in [0.2, 0.25) is 0 Å². The standard InChI is InChI=1S/C31H35N7/c1-6-25(7-2)35-20(4)29-13-11-26(18-33-29)36-21(5)31-28-15-23(10-12-30(28)37-38-31)24-14-27(17-32-16-24)34-19(3)22-8-9-22/h10-18,22,25,34-36H,3-9H2,1-2H3,(H,37,38). The molecule has 1 aliphatic rings. The fraction of sp³-hybridized carbons (Fsp3) is 0.258. The molecule has 0 atom stereocenters. The van der Waals surface area contributed by atoms with Gasteiger partial charge in [0.25, 0.3) is 0 Å². The van der Waals surface area contributed by atoms with E-state index in [1.54, 1.807) is 6.20 Å². The van der Waals surface area contributed by atoms with Crippen LogP contribution in [0.2, 0.25) is 0 Å². The molecule has 0 saturated heterocycles. The van der Waals surface area contributed by atoms with Crippen LogP contribution < -0.4 is 16.0 Å². The van der Waals surface area contributed by atoms with E-state index in [0.717, 1.165) is 69.0 Å². The minimum absolute atomic E-state index is 0.399. The zero-order valence-electron chi connectivity index (χ0n) is 22.1. The second-order valence-electron chi connectivity index (χ2n) is 9.89. The van der Waals surface area contributed by atoms with E-state index >= 15 is 0 Å². The molecule has 0 aliphatic heterocycles. The lowest BCUT2D eigenvalue weighted by molar-refractivity contribution is 0.560. The molecule has 7 heteroatoms. The Bertz CT molecular complexity index is 1470. The number of anilines is 2. The maximum absolute atomic E-state index is 4.58. The second kappa shape index (κ2) is 10.9. The molecular formula is C31H35N7. The minimum atomic E-state index is 0.399. The van der Waals surface area contributed by atoms with E-state index in [1.165, 1.54) is 12.8 Å². The van der Waals surface area contributed by atoms with Gasteiger partial charge < -0.3 is 16.0 Å². The summed E-state index contributed by atoms with van der Waals surface area (Å²) >= 11 is 0. The number of H-pyrrole nitrogens is 1. The topological polar surface area (TPSA) is 90.5 Å². The Morgan fingerprint density at radius 1 is 0.921 bits per heavy atom. The average Bonchev–Trinajstić information content (AvgIpc) is 3.71. The minimum Gasteiger partial charge on any atom is -0.381 e. The highest BCUT2D eigenvalue weighted by Crippen LogP contribution is 2.36. The predicted octanol–water partition coefficient (Wildman–Crippen LogP) is 7.19. The summed E-state index contributed by atoms with van der Waals surface area (Å²) in [5.41, 5.74) is 8.97. The number of nitrogens with one attached hydrogen (secondary N) is 4. The smallest absolute Gasteiger partial charge is 0.116 e. The molecule has 1 aromatic carbocycles. The molecule has 0 radical (unpaired) electrons. The van der Waals surface area contributed by atoms with Crippen molar-refractivity contribution >= 4 is 33.7 Å². The van der Waals surface area contributed by atoms with Crippen LogP contribution in [0.25, 0.3) is 33.4 Å². The first-order valence-corrected chi connectivity index (χ1v) is 13.2. The first-order valence-electron chi connectivity index (χ1n) is 13.2. The Morgan fingerprint density at radius 3 is 2.45 bits per heavy atom. The number of allylic oxidation sites excluding steroid dienone is 1. The summed E-state index contributed by atoms with van der Waals surface area (Å²) in [4.78, 5) is 9.03. The first-order chi connectivity index (χ1) is 18.4. The van der Waals surface area contributed by atoms with Gasteiger partial charge in [-0.3, -0.25) is 15.1 Å². The zero-order chi connectivity index (χ0) is 26.6. The Balaban J connectivity index is 1.31. The van der Waals surface area contributed by atoms with E-state index in [-0.39, 0.29) is 0 Å². The summed E-state index contributed by atoms with van der Waals surface area (Å²) in [6.45, 7) is 16.9. The summed E-state index contributed by atoms with van der Waals surface area (Å²) < 4.78 is 0. The summed E-state index contributed by atoms with van der Waals surface area (Å²) in [6, 6.07) is 12.7. The molecule has 4 aromatic rings. The Labute approximate surface area is 224 Å². The van der Waals surface area contributed by atoms with Gasteiger partial charge in [0, 0.05) is 28.9 Å². The lowest BCUT2D eigenvalue weighted by atomic mass is 10.0. The maximum atomic E-state index is 4.58. The number of rotatable bonds is 12. The van der Waals surface area contributed by atoms with Crippen molar-refractivity contribution in [2.75, 3.05) is 10.6 Å². The number of hydrogen-bond donors (Lipinski definition) is 4. The van der Waals surface area contributed by atoms with Gasteiger partial charge in [0.1, 0.15) is 5.69 Å². The highest BCUT2D eigenvalue weighted by Gasteiger charge is 2.24. The molecular weight excluding hydrogens is 470 g/mol. The molecule has 194 valence electrons. The van der Waals surface area contributed by atoms with Crippen LogP contribution in [-0.4, -0.2) is 26.2 Å². The molecule has 1 fully saturated rings. The summed E-state index contributed by atoms with van der Waals surface area (Å²) in [7, 11) is 0. The van der Waals surface area contributed by atoms with Crippen LogP contribution in [0.5, 0.6) is 0 Å². The molecule has 0 bridgehead atoms. The fourth-order valence-electron chi connectivity index (χ4n) is 4.50. The van der Waals surface area contributed by atoms with Crippen molar-refractivity contribution in [3.05, 3.63) is 91.8 Å². The normalized spacial score (nSPS) is 12.9. The number of hydrogen-bond acceptors (Lipinski definition) is 6. The lowest BCUT2D eigenvalue weighted by Gasteiger charge is -2.18. The van der Waals surface area contributed by atoms with Gasteiger partial charge >= 0.3 is 0 Å². The summed E-state index contributed by atoms with van der Waals surface area (Å²) in [5.74, 6) is 0.582. The molecule has 4 N–H and O–H groups in total.